The standard InChI is InChI=1S/C9H14F3NO3/c1-8(2)6(14)5(3-4-16-8)13-7(15)9(10,11)12/h5-6,14H,3-4H2,1-2H3,(H,13,15)/t5-,6-/m0/s1. The van der Waals surface area contributed by atoms with Crippen LogP contribution < -0.4 is 5.32 Å². The lowest BCUT2D eigenvalue weighted by atomic mass is 9.90. The zero-order valence-electron chi connectivity index (χ0n) is 8.97. The van der Waals surface area contributed by atoms with Crippen molar-refractivity contribution in [2.75, 3.05) is 6.61 Å². The van der Waals surface area contributed by atoms with Crippen LogP contribution in [-0.4, -0.2) is 41.5 Å². The molecule has 1 saturated heterocycles. The van der Waals surface area contributed by atoms with Crippen LogP contribution in [0.1, 0.15) is 20.3 Å². The van der Waals surface area contributed by atoms with Crippen molar-refractivity contribution in [2.45, 2.75) is 44.2 Å². The van der Waals surface area contributed by atoms with Crippen molar-refractivity contribution in [3.63, 3.8) is 0 Å². The Hall–Kier alpha value is -0.820. The second kappa shape index (κ2) is 4.21. The number of aliphatic hydroxyl groups excluding tert-OH is 1. The van der Waals surface area contributed by atoms with E-state index in [1.165, 1.54) is 0 Å². The molecule has 1 fully saturated rings. The maximum atomic E-state index is 12.0. The first-order valence-electron chi connectivity index (χ1n) is 4.84. The molecule has 1 amide bonds. The number of carbonyl (C=O) groups excluding carboxylic acids is 1. The number of aliphatic hydroxyl groups is 1. The molecule has 0 aromatic rings. The van der Waals surface area contributed by atoms with Gasteiger partial charge in [0.25, 0.3) is 0 Å². The Balaban J connectivity index is 2.65. The van der Waals surface area contributed by atoms with Crippen molar-refractivity contribution in [2.24, 2.45) is 0 Å². The van der Waals surface area contributed by atoms with E-state index in [4.69, 9.17) is 4.74 Å². The molecule has 7 heteroatoms. The third-order valence-electron chi connectivity index (χ3n) is 2.57. The molecule has 0 spiro atoms. The highest BCUT2D eigenvalue weighted by molar-refractivity contribution is 5.82. The predicted octanol–water partition coefficient (Wildman–Crippen LogP) is 0.593. The number of carbonyl (C=O) groups is 1. The molecular weight excluding hydrogens is 227 g/mol. The minimum absolute atomic E-state index is 0.159. The van der Waals surface area contributed by atoms with Gasteiger partial charge in [-0.25, -0.2) is 0 Å². The number of rotatable bonds is 1. The summed E-state index contributed by atoms with van der Waals surface area (Å²) in [5.74, 6) is -2.03. The van der Waals surface area contributed by atoms with Gasteiger partial charge in [-0.05, 0) is 20.3 Å². The SMILES string of the molecule is CC1(C)OCC[C@H](NC(=O)C(F)(F)F)[C@@H]1O. The van der Waals surface area contributed by atoms with Crippen LogP contribution in [0.2, 0.25) is 0 Å². The Morgan fingerprint density at radius 2 is 2.06 bits per heavy atom. The van der Waals surface area contributed by atoms with Gasteiger partial charge in [-0.2, -0.15) is 13.2 Å². The van der Waals surface area contributed by atoms with Crippen LogP contribution in [0.25, 0.3) is 0 Å². The zero-order chi connectivity index (χ0) is 12.6. The summed E-state index contributed by atoms with van der Waals surface area (Å²) >= 11 is 0. The Labute approximate surface area is 90.8 Å². The molecule has 0 unspecified atom stereocenters. The quantitative estimate of drug-likeness (QED) is 0.706. The topological polar surface area (TPSA) is 58.6 Å². The average molecular weight is 241 g/mol. The van der Waals surface area contributed by atoms with Crippen molar-refractivity contribution < 1.29 is 27.8 Å². The molecule has 0 bridgehead atoms. The molecule has 0 aromatic carbocycles. The molecule has 1 aliphatic rings. The molecule has 1 rings (SSSR count). The fourth-order valence-corrected chi connectivity index (χ4v) is 1.58. The summed E-state index contributed by atoms with van der Waals surface area (Å²) < 4.78 is 41.2. The number of ether oxygens (including phenoxy) is 1. The second-order valence-corrected chi connectivity index (χ2v) is 4.26. The predicted molar refractivity (Wildman–Crippen MR) is 48.6 cm³/mol. The van der Waals surface area contributed by atoms with Crippen LogP contribution in [0.5, 0.6) is 0 Å². The minimum Gasteiger partial charge on any atom is -0.388 e. The van der Waals surface area contributed by atoms with Crippen LogP contribution >= 0.6 is 0 Å². The summed E-state index contributed by atoms with van der Waals surface area (Å²) in [6, 6.07) is -0.933. The lowest BCUT2D eigenvalue weighted by Crippen LogP contribution is -2.59. The maximum absolute atomic E-state index is 12.0. The van der Waals surface area contributed by atoms with Crippen LogP contribution in [0, 0.1) is 0 Å². The largest absolute Gasteiger partial charge is 0.471 e. The van der Waals surface area contributed by atoms with Gasteiger partial charge in [-0.1, -0.05) is 0 Å². The smallest absolute Gasteiger partial charge is 0.388 e. The van der Waals surface area contributed by atoms with Crippen LogP contribution in [0.15, 0.2) is 0 Å². The summed E-state index contributed by atoms with van der Waals surface area (Å²) in [6.07, 6.45) is -5.93. The number of alkyl halides is 3. The molecule has 0 radical (unpaired) electrons. The molecule has 94 valence electrons. The maximum Gasteiger partial charge on any atom is 0.471 e. The van der Waals surface area contributed by atoms with Crippen LogP contribution in [0.3, 0.4) is 0 Å². The Bertz CT molecular complexity index is 278. The van der Waals surface area contributed by atoms with Crippen molar-refractivity contribution in [1.82, 2.24) is 5.32 Å². The Kier molecular flexibility index (Phi) is 3.49. The zero-order valence-corrected chi connectivity index (χ0v) is 8.97. The molecule has 0 aromatic heterocycles. The molecular formula is C9H14F3NO3. The normalized spacial score (nSPS) is 29.9. The number of halogens is 3. The summed E-state index contributed by atoms with van der Waals surface area (Å²) in [7, 11) is 0. The van der Waals surface area contributed by atoms with Gasteiger partial charge in [-0.15, -0.1) is 0 Å². The lowest BCUT2D eigenvalue weighted by Gasteiger charge is -2.40. The van der Waals surface area contributed by atoms with Crippen molar-refractivity contribution in [3.8, 4) is 0 Å². The van der Waals surface area contributed by atoms with E-state index in [1.807, 2.05) is 0 Å². The van der Waals surface area contributed by atoms with E-state index < -0.39 is 29.8 Å². The van der Waals surface area contributed by atoms with Gasteiger partial charge in [-0.3, -0.25) is 4.79 Å². The first kappa shape index (κ1) is 13.2. The van der Waals surface area contributed by atoms with Gasteiger partial charge in [0.2, 0.25) is 0 Å². The van der Waals surface area contributed by atoms with Crippen LogP contribution in [0.4, 0.5) is 13.2 Å². The first-order chi connectivity index (χ1) is 7.14. The molecule has 0 saturated carbocycles. The van der Waals surface area contributed by atoms with Crippen LogP contribution in [-0.2, 0) is 9.53 Å². The van der Waals surface area contributed by atoms with Gasteiger partial charge < -0.3 is 15.2 Å². The third-order valence-corrected chi connectivity index (χ3v) is 2.57. The molecule has 1 heterocycles. The molecule has 16 heavy (non-hydrogen) atoms. The molecule has 2 N–H and O–H groups in total. The Morgan fingerprint density at radius 3 is 2.56 bits per heavy atom. The van der Waals surface area contributed by atoms with E-state index >= 15 is 0 Å². The second-order valence-electron chi connectivity index (χ2n) is 4.26. The van der Waals surface area contributed by atoms with Gasteiger partial charge in [0.1, 0.15) is 6.10 Å². The molecule has 2 atom stereocenters. The minimum atomic E-state index is -4.93. The van der Waals surface area contributed by atoms with Gasteiger partial charge in [0.05, 0.1) is 11.6 Å². The highest BCUT2D eigenvalue weighted by Crippen LogP contribution is 2.25. The first-order valence-corrected chi connectivity index (χ1v) is 4.84. The summed E-state index contributed by atoms with van der Waals surface area (Å²) in [6.45, 7) is 3.32. The molecule has 0 aliphatic carbocycles. The summed E-state index contributed by atoms with van der Waals surface area (Å²) in [4.78, 5) is 10.7. The fraction of sp³-hybridized carbons (Fsp3) is 0.889. The lowest BCUT2D eigenvalue weighted by molar-refractivity contribution is -0.181. The summed E-state index contributed by atoms with van der Waals surface area (Å²) in [5, 5.41) is 11.5. The van der Waals surface area contributed by atoms with E-state index in [-0.39, 0.29) is 13.0 Å². The summed E-state index contributed by atoms with van der Waals surface area (Å²) in [5.41, 5.74) is -0.957. The number of hydrogen-bond acceptors (Lipinski definition) is 3. The number of amides is 1. The number of hydrogen-bond donors (Lipinski definition) is 2. The molecule has 4 nitrogen and oxygen atoms in total. The van der Waals surface area contributed by atoms with Gasteiger partial charge in [0, 0.05) is 6.61 Å². The van der Waals surface area contributed by atoms with Crippen molar-refractivity contribution in [3.05, 3.63) is 0 Å². The molecule has 1 aliphatic heterocycles. The van der Waals surface area contributed by atoms with E-state index in [1.54, 1.807) is 19.2 Å². The van der Waals surface area contributed by atoms with Crippen molar-refractivity contribution in [1.29, 1.82) is 0 Å². The Morgan fingerprint density at radius 1 is 1.50 bits per heavy atom. The van der Waals surface area contributed by atoms with Gasteiger partial charge in [0.15, 0.2) is 0 Å². The van der Waals surface area contributed by atoms with E-state index in [0.29, 0.717) is 0 Å². The van der Waals surface area contributed by atoms with Gasteiger partial charge >= 0.3 is 12.1 Å². The van der Waals surface area contributed by atoms with E-state index in [2.05, 4.69) is 0 Å². The van der Waals surface area contributed by atoms with E-state index in [0.717, 1.165) is 0 Å². The van der Waals surface area contributed by atoms with Crippen molar-refractivity contribution >= 4 is 5.91 Å². The number of nitrogens with one attached hydrogen (secondary N) is 1. The monoisotopic (exact) mass is 241 g/mol. The van der Waals surface area contributed by atoms with E-state index in [9.17, 15) is 23.1 Å². The third kappa shape index (κ3) is 2.85. The fourth-order valence-electron chi connectivity index (χ4n) is 1.58. The highest BCUT2D eigenvalue weighted by Gasteiger charge is 2.44. The highest BCUT2D eigenvalue weighted by atomic mass is 19.4. The average Bonchev–Trinajstić information content (AvgIpc) is 2.11.